The van der Waals surface area contributed by atoms with Crippen LogP contribution in [0.2, 0.25) is 0 Å². The Balaban J connectivity index is 2.22. The van der Waals surface area contributed by atoms with Crippen LogP contribution in [0.1, 0.15) is 29.9 Å². The Kier molecular flexibility index (Phi) is 2.83. The zero-order chi connectivity index (χ0) is 11.7. The Morgan fingerprint density at radius 2 is 2.25 bits per heavy atom. The third kappa shape index (κ3) is 1.88. The van der Waals surface area contributed by atoms with Crippen molar-refractivity contribution in [2.45, 2.75) is 31.2 Å². The number of hydrogen-bond donors (Lipinski definition) is 3. The first kappa shape index (κ1) is 11.0. The predicted molar refractivity (Wildman–Crippen MR) is 59.4 cm³/mol. The van der Waals surface area contributed by atoms with Gasteiger partial charge in [-0.25, -0.2) is 0 Å². The van der Waals surface area contributed by atoms with E-state index in [1.54, 1.807) is 12.1 Å². The summed E-state index contributed by atoms with van der Waals surface area (Å²) in [6.45, 7) is 0. The lowest BCUT2D eigenvalue weighted by Gasteiger charge is -2.15. The molecule has 0 saturated heterocycles. The van der Waals surface area contributed by atoms with Gasteiger partial charge in [0.2, 0.25) is 0 Å². The molecule has 0 saturated carbocycles. The first-order valence-electron chi connectivity index (χ1n) is 5.37. The molecule has 1 aromatic rings. The molecule has 2 atom stereocenters. The molecule has 0 heterocycles. The van der Waals surface area contributed by atoms with Crippen molar-refractivity contribution in [2.24, 2.45) is 5.73 Å². The maximum atomic E-state index is 10.6. The van der Waals surface area contributed by atoms with Gasteiger partial charge in [-0.2, -0.15) is 0 Å². The number of carboxylic acids is 1. The van der Waals surface area contributed by atoms with Crippen LogP contribution in [0.4, 0.5) is 0 Å². The molecular weight excluding hydrogens is 206 g/mol. The Morgan fingerprint density at radius 3 is 2.94 bits per heavy atom. The fraction of sp³-hybridized carbons (Fsp3) is 0.417. The molecule has 1 aromatic carbocycles. The van der Waals surface area contributed by atoms with Crippen LogP contribution in [0.15, 0.2) is 18.2 Å². The Hall–Kier alpha value is -1.55. The number of carbonyl (C=O) groups is 1. The summed E-state index contributed by atoms with van der Waals surface area (Å²) in [6.07, 6.45) is 1.28. The summed E-state index contributed by atoms with van der Waals surface area (Å²) in [5.41, 5.74) is 7.87. The number of aliphatic carboxylic acids is 1. The molecule has 0 aromatic heterocycles. The van der Waals surface area contributed by atoms with Crippen molar-refractivity contribution >= 4 is 5.97 Å². The van der Waals surface area contributed by atoms with Crippen LogP contribution in [0.5, 0.6) is 5.75 Å². The van der Waals surface area contributed by atoms with E-state index in [2.05, 4.69) is 0 Å². The zero-order valence-corrected chi connectivity index (χ0v) is 8.89. The van der Waals surface area contributed by atoms with Gasteiger partial charge in [0.1, 0.15) is 5.75 Å². The van der Waals surface area contributed by atoms with E-state index in [9.17, 15) is 9.90 Å². The van der Waals surface area contributed by atoms with E-state index in [-0.39, 0.29) is 24.1 Å². The van der Waals surface area contributed by atoms with Gasteiger partial charge >= 0.3 is 5.97 Å². The Labute approximate surface area is 93.7 Å². The molecule has 86 valence electrons. The van der Waals surface area contributed by atoms with E-state index in [4.69, 9.17) is 10.8 Å². The highest BCUT2D eigenvalue weighted by molar-refractivity contribution is 5.66. The van der Waals surface area contributed by atoms with Gasteiger partial charge in [0, 0.05) is 18.4 Å². The van der Waals surface area contributed by atoms with Gasteiger partial charge in [-0.15, -0.1) is 0 Å². The third-order valence-corrected chi connectivity index (χ3v) is 3.21. The summed E-state index contributed by atoms with van der Waals surface area (Å²) in [5, 5.41) is 18.3. The summed E-state index contributed by atoms with van der Waals surface area (Å²) in [4.78, 5) is 10.6. The normalized spacial score (nSPS) is 23.1. The summed E-state index contributed by atoms with van der Waals surface area (Å²) in [5.74, 6) is -0.482. The fourth-order valence-electron chi connectivity index (χ4n) is 2.42. The van der Waals surface area contributed by atoms with E-state index in [1.807, 2.05) is 6.07 Å². The van der Waals surface area contributed by atoms with Crippen molar-refractivity contribution in [3.8, 4) is 5.75 Å². The van der Waals surface area contributed by atoms with Crippen molar-refractivity contribution < 1.29 is 15.0 Å². The molecule has 0 fully saturated rings. The Morgan fingerprint density at radius 1 is 1.50 bits per heavy atom. The lowest BCUT2D eigenvalue weighted by atomic mass is 9.93. The maximum Gasteiger partial charge on any atom is 0.303 e. The largest absolute Gasteiger partial charge is 0.508 e. The van der Waals surface area contributed by atoms with E-state index in [0.29, 0.717) is 12.8 Å². The molecule has 0 amide bonds. The molecule has 4 nitrogen and oxygen atoms in total. The van der Waals surface area contributed by atoms with E-state index < -0.39 is 5.97 Å². The van der Waals surface area contributed by atoms with Gasteiger partial charge in [-0.1, -0.05) is 12.1 Å². The molecule has 0 aliphatic heterocycles. The number of phenols is 1. The van der Waals surface area contributed by atoms with Crippen LogP contribution < -0.4 is 5.73 Å². The second-order valence-electron chi connectivity index (χ2n) is 4.25. The second kappa shape index (κ2) is 4.14. The quantitative estimate of drug-likeness (QED) is 0.716. The topological polar surface area (TPSA) is 83.5 Å². The molecule has 2 unspecified atom stereocenters. The van der Waals surface area contributed by atoms with Gasteiger partial charge in [0.25, 0.3) is 0 Å². The summed E-state index contributed by atoms with van der Waals surface area (Å²) >= 11 is 0. The summed E-state index contributed by atoms with van der Waals surface area (Å²) < 4.78 is 0. The van der Waals surface area contributed by atoms with Crippen LogP contribution in [0, 0.1) is 0 Å². The molecule has 0 bridgehead atoms. The maximum absolute atomic E-state index is 10.6. The predicted octanol–water partition coefficient (Wildman–Crippen LogP) is 1.22. The number of carboxylic acid groups (broad SMARTS) is 1. The highest BCUT2D eigenvalue weighted by Crippen LogP contribution is 2.39. The van der Waals surface area contributed by atoms with Gasteiger partial charge in [0.15, 0.2) is 0 Å². The minimum absolute atomic E-state index is 0.0539. The Bertz CT molecular complexity index is 417. The number of fused-ring (bicyclic) bond motifs is 1. The molecule has 16 heavy (non-hydrogen) atoms. The monoisotopic (exact) mass is 221 g/mol. The van der Waals surface area contributed by atoms with Crippen molar-refractivity contribution in [1.82, 2.24) is 0 Å². The van der Waals surface area contributed by atoms with Crippen LogP contribution in [-0.2, 0) is 11.2 Å². The van der Waals surface area contributed by atoms with Crippen LogP contribution in [-0.4, -0.2) is 22.2 Å². The van der Waals surface area contributed by atoms with E-state index >= 15 is 0 Å². The SMILES string of the molecule is NC1Cc2c(O)cccc2C1CCC(=O)O. The molecule has 1 aliphatic carbocycles. The third-order valence-electron chi connectivity index (χ3n) is 3.21. The van der Waals surface area contributed by atoms with Crippen LogP contribution >= 0.6 is 0 Å². The number of benzene rings is 1. The molecular formula is C12H15NO3. The van der Waals surface area contributed by atoms with Crippen LogP contribution in [0.25, 0.3) is 0 Å². The minimum Gasteiger partial charge on any atom is -0.508 e. The van der Waals surface area contributed by atoms with Gasteiger partial charge in [-0.3, -0.25) is 4.79 Å². The van der Waals surface area contributed by atoms with E-state index in [1.165, 1.54) is 0 Å². The first-order valence-corrected chi connectivity index (χ1v) is 5.37. The second-order valence-corrected chi connectivity index (χ2v) is 4.25. The minimum atomic E-state index is -0.805. The molecule has 4 N–H and O–H groups in total. The first-order chi connectivity index (χ1) is 7.59. The standard InChI is InChI=1S/C12H15NO3/c13-10-6-9-7(2-1-3-11(9)14)8(10)4-5-12(15)16/h1-3,8,10,14H,4-6,13H2,(H,15,16). The highest BCUT2D eigenvalue weighted by Gasteiger charge is 2.31. The number of aromatic hydroxyl groups is 1. The van der Waals surface area contributed by atoms with Gasteiger partial charge < -0.3 is 15.9 Å². The number of nitrogens with two attached hydrogens (primary N) is 1. The van der Waals surface area contributed by atoms with Crippen LogP contribution in [0.3, 0.4) is 0 Å². The zero-order valence-electron chi connectivity index (χ0n) is 8.89. The van der Waals surface area contributed by atoms with Crippen molar-refractivity contribution in [3.63, 3.8) is 0 Å². The lowest BCUT2D eigenvalue weighted by molar-refractivity contribution is -0.137. The van der Waals surface area contributed by atoms with Crippen molar-refractivity contribution in [2.75, 3.05) is 0 Å². The molecule has 2 rings (SSSR count). The van der Waals surface area contributed by atoms with Crippen molar-refractivity contribution in [1.29, 1.82) is 0 Å². The number of phenolic OH excluding ortho intramolecular Hbond substituents is 1. The van der Waals surface area contributed by atoms with Gasteiger partial charge in [0.05, 0.1) is 0 Å². The summed E-state index contributed by atoms with van der Waals surface area (Å²) in [6, 6.07) is 5.27. The van der Waals surface area contributed by atoms with Gasteiger partial charge in [-0.05, 0) is 30.0 Å². The fourth-order valence-corrected chi connectivity index (χ4v) is 2.42. The summed E-state index contributed by atoms with van der Waals surface area (Å²) in [7, 11) is 0. The average Bonchev–Trinajstić information content (AvgIpc) is 2.53. The smallest absolute Gasteiger partial charge is 0.303 e. The average molecular weight is 221 g/mol. The molecule has 0 spiro atoms. The highest BCUT2D eigenvalue weighted by atomic mass is 16.4. The lowest BCUT2D eigenvalue weighted by Crippen LogP contribution is -2.25. The molecule has 1 aliphatic rings. The number of hydrogen-bond acceptors (Lipinski definition) is 3. The van der Waals surface area contributed by atoms with E-state index in [0.717, 1.165) is 11.1 Å². The molecule has 0 radical (unpaired) electrons. The van der Waals surface area contributed by atoms with Crippen molar-refractivity contribution in [3.05, 3.63) is 29.3 Å². The number of rotatable bonds is 3. The molecule has 4 heteroatoms.